The molecule has 0 spiro atoms. The fourth-order valence-electron chi connectivity index (χ4n) is 4.26. The summed E-state index contributed by atoms with van der Waals surface area (Å²) < 4.78 is 7.72. The summed E-state index contributed by atoms with van der Waals surface area (Å²) >= 11 is 6.72. The molecule has 10 heteroatoms. The normalized spacial score (nSPS) is 23.8. The van der Waals surface area contributed by atoms with Crippen LogP contribution in [0.5, 0.6) is 0 Å². The average Bonchev–Trinajstić information content (AvgIpc) is 3.40. The summed E-state index contributed by atoms with van der Waals surface area (Å²) in [7, 11) is 2.08. The summed E-state index contributed by atoms with van der Waals surface area (Å²) in [6, 6.07) is 5.49. The number of amides is 1. The number of hydrogen-bond acceptors (Lipinski definition) is 8. The topological polar surface area (TPSA) is 70.4 Å². The molecule has 2 aromatic heterocycles. The Balaban J connectivity index is 1.54. The average molecular weight is 472 g/mol. The first-order valence-electron chi connectivity index (χ1n) is 10.8. The van der Waals surface area contributed by atoms with Crippen LogP contribution in [0, 0.1) is 0 Å². The van der Waals surface area contributed by atoms with Crippen molar-refractivity contribution in [2.45, 2.75) is 18.9 Å². The monoisotopic (exact) mass is 471 g/mol. The molecule has 32 heavy (non-hydrogen) atoms. The summed E-state index contributed by atoms with van der Waals surface area (Å²) in [6.45, 7) is 4.50. The molecular weight excluding hydrogens is 446 g/mol. The van der Waals surface area contributed by atoms with E-state index in [4.69, 9.17) is 21.9 Å². The van der Waals surface area contributed by atoms with Crippen LogP contribution in [0.3, 0.4) is 0 Å². The zero-order chi connectivity index (χ0) is 22.2. The van der Waals surface area contributed by atoms with Crippen LogP contribution in [0.1, 0.15) is 18.4 Å². The van der Waals surface area contributed by atoms with Gasteiger partial charge in [-0.05, 0) is 38.1 Å². The van der Waals surface area contributed by atoms with Crippen LogP contribution in [-0.4, -0.2) is 81.9 Å². The third kappa shape index (κ3) is 4.07. The number of anilines is 1. The van der Waals surface area contributed by atoms with Gasteiger partial charge in [-0.15, -0.1) is 0 Å². The van der Waals surface area contributed by atoms with Gasteiger partial charge in [0.2, 0.25) is 0 Å². The summed E-state index contributed by atoms with van der Waals surface area (Å²) in [5.41, 5.74) is 0.833. The number of carbonyl (C=O) groups is 1. The highest BCUT2D eigenvalue weighted by atomic mass is 32.2. The van der Waals surface area contributed by atoms with E-state index < -0.39 is 0 Å². The highest BCUT2D eigenvalue weighted by Gasteiger charge is 2.35. The number of hydrogen-bond donors (Lipinski definition) is 0. The van der Waals surface area contributed by atoms with Gasteiger partial charge in [0, 0.05) is 39.0 Å². The van der Waals surface area contributed by atoms with Gasteiger partial charge in [-0.25, -0.2) is 4.98 Å². The Labute approximate surface area is 195 Å². The van der Waals surface area contributed by atoms with Crippen LogP contribution in [0.25, 0.3) is 11.7 Å². The van der Waals surface area contributed by atoms with Gasteiger partial charge in [0.1, 0.15) is 15.8 Å². The summed E-state index contributed by atoms with van der Waals surface area (Å²) in [5.74, 6) is 0.455. The Morgan fingerprint density at radius 2 is 2.06 bits per heavy atom. The molecule has 0 radical (unpaired) electrons. The van der Waals surface area contributed by atoms with Gasteiger partial charge in [0.25, 0.3) is 11.5 Å². The van der Waals surface area contributed by atoms with Crippen LogP contribution in [0.2, 0.25) is 0 Å². The van der Waals surface area contributed by atoms with Crippen molar-refractivity contribution in [2.75, 3.05) is 51.3 Å². The maximum Gasteiger partial charge on any atom is 0.267 e. The number of ether oxygens (including phenoxy) is 1. The summed E-state index contributed by atoms with van der Waals surface area (Å²) in [5, 5.41) is 0. The fraction of sp³-hybridized carbons (Fsp3) is 0.455. The SMILES string of the molecule is CN1CCN(c2nc3ccccn3c(=O)c2/C=C2\SC(=S)N(CC3CCCO3)C2=O)CC1. The van der Waals surface area contributed by atoms with Crippen LogP contribution in [-0.2, 0) is 9.53 Å². The van der Waals surface area contributed by atoms with E-state index in [0.717, 1.165) is 45.6 Å². The van der Waals surface area contributed by atoms with Crippen LogP contribution in [0.4, 0.5) is 5.82 Å². The van der Waals surface area contributed by atoms with Gasteiger partial charge < -0.3 is 14.5 Å². The third-order valence-corrected chi connectivity index (χ3v) is 7.49. The first kappa shape index (κ1) is 21.6. The molecule has 3 aliphatic rings. The molecule has 5 rings (SSSR count). The van der Waals surface area contributed by atoms with Gasteiger partial charge in [-0.1, -0.05) is 30.0 Å². The fourth-order valence-corrected chi connectivity index (χ4v) is 5.51. The van der Waals surface area contributed by atoms with Crippen molar-refractivity contribution in [1.29, 1.82) is 0 Å². The molecule has 0 aromatic carbocycles. The number of nitrogens with zero attached hydrogens (tertiary/aromatic N) is 5. The minimum absolute atomic E-state index is 0.0192. The van der Waals surface area contributed by atoms with Crippen molar-refractivity contribution >= 4 is 51.7 Å². The quantitative estimate of drug-likeness (QED) is 0.494. The molecular formula is C22H25N5O3S2. The number of likely N-dealkylation sites (N-methyl/N-ethyl adjacent to an activating group) is 1. The largest absolute Gasteiger partial charge is 0.376 e. The Morgan fingerprint density at radius 3 is 2.81 bits per heavy atom. The highest BCUT2D eigenvalue weighted by Crippen LogP contribution is 2.34. The number of thioether (sulfide) groups is 1. The second kappa shape index (κ2) is 8.93. The molecule has 3 aliphatic heterocycles. The molecule has 0 N–H and O–H groups in total. The number of rotatable bonds is 4. The number of fused-ring (bicyclic) bond motifs is 1. The van der Waals surface area contributed by atoms with E-state index in [0.29, 0.717) is 32.8 Å². The lowest BCUT2D eigenvalue weighted by Gasteiger charge is -2.34. The van der Waals surface area contributed by atoms with Crippen molar-refractivity contribution < 1.29 is 9.53 Å². The smallest absolute Gasteiger partial charge is 0.267 e. The molecule has 3 fully saturated rings. The molecule has 0 bridgehead atoms. The lowest BCUT2D eigenvalue weighted by atomic mass is 10.2. The molecule has 5 heterocycles. The molecule has 8 nitrogen and oxygen atoms in total. The van der Waals surface area contributed by atoms with Crippen LogP contribution < -0.4 is 10.5 Å². The van der Waals surface area contributed by atoms with E-state index in [9.17, 15) is 9.59 Å². The van der Waals surface area contributed by atoms with E-state index in [1.165, 1.54) is 16.2 Å². The van der Waals surface area contributed by atoms with Crippen molar-refractivity contribution in [2.24, 2.45) is 0 Å². The second-order valence-electron chi connectivity index (χ2n) is 8.30. The maximum atomic E-state index is 13.4. The van der Waals surface area contributed by atoms with E-state index in [1.54, 1.807) is 23.2 Å². The first-order valence-corrected chi connectivity index (χ1v) is 12.1. The number of aromatic nitrogens is 2. The number of pyridine rings is 1. The second-order valence-corrected chi connectivity index (χ2v) is 9.98. The molecule has 0 aliphatic carbocycles. The molecule has 3 saturated heterocycles. The zero-order valence-electron chi connectivity index (χ0n) is 17.9. The maximum absolute atomic E-state index is 13.4. The van der Waals surface area contributed by atoms with Gasteiger partial charge in [0.15, 0.2) is 0 Å². The van der Waals surface area contributed by atoms with E-state index >= 15 is 0 Å². The number of thiocarbonyl (C=S) groups is 1. The number of piperazine rings is 1. The van der Waals surface area contributed by atoms with Crippen molar-refractivity contribution in [1.82, 2.24) is 19.2 Å². The van der Waals surface area contributed by atoms with Crippen molar-refractivity contribution in [3.8, 4) is 0 Å². The Kier molecular flexibility index (Phi) is 6.02. The van der Waals surface area contributed by atoms with E-state index in [2.05, 4.69) is 16.8 Å². The minimum atomic E-state index is -0.186. The highest BCUT2D eigenvalue weighted by molar-refractivity contribution is 8.26. The predicted octanol–water partition coefficient (Wildman–Crippen LogP) is 1.83. The van der Waals surface area contributed by atoms with Crippen LogP contribution in [0.15, 0.2) is 34.1 Å². The van der Waals surface area contributed by atoms with Gasteiger partial charge in [0.05, 0.1) is 23.1 Å². The Hall–Kier alpha value is -2.27. The lowest BCUT2D eigenvalue weighted by molar-refractivity contribution is -0.123. The van der Waals surface area contributed by atoms with Gasteiger partial charge in [-0.2, -0.15) is 0 Å². The minimum Gasteiger partial charge on any atom is -0.376 e. The van der Waals surface area contributed by atoms with Crippen LogP contribution >= 0.6 is 24.0 Å². The standard InChI is InChI=1S/C22H25N5O3S2/c1-24-8-10-25(11-9-24)19-16(20(28)26-7-3-2-6-18(26)23-19)13-17-21(29)27(22(31)32-17)14-15-5-4-12-30-15/h2-3,6-7,13,15H,4-5,8-12,14H2,1H3/b17-13-. The summed E-state index contributed by atoms with van der Waals surface area (Å²) in [4.78, 5) is 37.9. The molecule has 0 saturated carbocycles. The molecule has 2 aromatic rings. The molecule has 1 atom stereocenters. The third-order valence-electron chi connectivity index (χ3n) is 6.11. The van der Waals surface area contributed by atoms with Crippen molar-refractivity contribution in [3.63, 3.8) is 0 Å². The summed E-state index contributed by atoms with van der Waals surface area (Å²) in [6.07, 6.45) is 5.34. The molecule has 168 valence electrons. The lowest BCUT2D eigenvalue weighted by Crippen LogP contribution is -2.45. The zero-order valence-corrected chi connectivity index (χ0v) is 19.5. The predicted molar refractivity (Wildman–Crippen MR) is 130 cm³/mol. The van der Waals surface area contributed by atoms with E-state index in [1.807, 2.05) is 12.1 Å². The van der Waals surface area contributed by atoms with Crippen molar-refractivity contribution in [3.05, 3.63) is 45.2 Å². The molecule has 1 unspecified atom stereocenters. The number of carbonyl (C=O) groups excluding carboxylic acids is 1. The van der Waals surface area contributed by atoms with E-state index in [-0.39, 0.29) is 17.6 Å². The Morgan fingerprint density at radius 1 is 1.25 bits per heavy atom. The van der Waals surface area contributed by atoms with Gasteiger partial charge in [-0.3, -0.25) is 18.9 Å². The van der Waals surface area contributed by atoms with Gasteiger partial charge >= 0.3 is 0 Å². The first-order chi connectivity index (χ1) is 15.5. The molecule has 1 amide bonds. The Bertz CT molecular complexity index is 1150.